The molecule has 0 aliphatic rings. The first kappa shape index (κ1) is 18.5. The van der Waals surface area contributed by atoms with Crippen LogP contribution in [0.3, 0.4) is 0 Å². The summed E-state index contributed by atoms with van der Waals surface area (Å²) in [6.45, 7) is 4.96. The van der Waals surface area contributed by atoms with Crippen molar-refractivity contribution in [3.05, 3.63) is 11.4 Å². The number of likely N-dealkylation sites (N-methyl/N-ethyl adjacent to an activating group) is 1. The Morgan fingerprint density at radius 1 is 1.00 bits per heavy atom. The zero-order chi connectivity index (χ0) is 14.6. The first-order valence-corrected chi connectivity index (χ1v) is 6.14. The quantitative estimate of drug-likeness (QED) is 0.829. The molecule has 0 aliphatic heterocycles. The summed E-state index contributed by atoms with van der Waals surface area (Å²) in [5, 5.41) is 8.05. The van der Waals surface area contributed by atoms with Crippen LogP contribution in [0.25, 0.3) is 0 Å². The number of aryl methyl sites for hydroxylation is 2. The highest BCUT2D eigenvalue weighted by Gasteiger charge is 2.21. The number of nitrogens with zero attached hydrogens (tertiary/aromatic N) is 6. The van der Waals surface area contributed by atoms with E-state index in [0.29, 0.717) is 12.5 Å². The Morgan fingerprint density at radius 3 is 2.05 bits per heavy atom. The standard InChI is InChI=1S/C12H22N6O.ClH/c1-9-10(2)14-15-11(13-9)18(8-7-16(3)4)12(19)17(5)6;/h7-8H2,1-6H3;1H. The monoisotopic (exact) mass is 302 g/mol. The van der Waals surface area contributed by atoms with Crippen molar-refractivity contribution >= 4 is 24.4 Å². The largest absolute Gasteiger partial charge is 0.330 e. The van der Waals surface area contributed by atoms with Gasteiger partial charge in [-0.15, -0.1) is 17.5 Å². The van der Waals surface area contributed by atoms with E-state index >= 15 is 0 Å². The molecular formula is C12H23ClN6O. The molecule has 7 nitrogen and oxygen atoms in total. The number of hydrogen-bond acceptors (Lipinski definition) is 5. The summed E-state index contributed by atoms with van der Waals surface area (Å²) in [4.78, 5) is 21.6. The number of urea groups is 1. The summed E-state index contributed by atoms with van der Waals surface area (Å²) in [7, 11) is 7.33. The number of halogens is 1. The Hall–Kier alpha value is -1.47. The fraction of sp³-hybridized carbons (Fsp3) is 0.667. The van der Waals surface area contributed by atoms with Gasteiger partial charge in [0.05, 0.1) is 11.4 Å². The van der Waals surface area contributed by atoms with Gasteiger partial charge in [-0.2, -0.15) is 5.10 Å². The smallest absolute Gasteiger partial charge is 0.326 e. The molecule has 2 amide bonds. The third kappa shape index (κ3) is 4.90. The summed E-state index contributed by atoms with van der Waals surface area (Å²) in [6, 6.07) is -0.146. The van der Waals surface area contributed by atoms with Crippen LogP contribution in [0.1, 0.15) is 11.4 Å². The molecule has 114 valence electrons. The number of hydrogen-bond donors (Lipinski definition) is 0. The molecule has 8 heteroatoms. The Bertz CT molecular complexity index is 452. The topological polar surface area (TPSA) is 65.5 Å². The summed E-state index contributed by atoms with van der Waals surface area (Å²) in [6.07, 6.45) is 0. The molecule has 1 rings (SSSR count). The van der Waals surface area contributed by atoms with Gasteiger partial charge in [-0.25, -0.2) is 9.78 Å². The summed E-state index contributed by atoms with van der Waals surface area (Å²) in [5.74, 6) is 0.351. The van der Waals surface area contributed by atoms with Gasteiger partial charge in [0.1, 0.15) is 0 Å². The first-order valence-electron chi connectivity index (χ1n) is 6.14. The number of carbonyl (C=O) groups excluding carboxylic acids is 1. The van der Waals surface area contributed by atoms with Gasteiger partial charge in [-0.1, -0.05) is 0 Å². The molecule has 0 saturated heterocycles. The van der Waals surface area contributed by atoms with E-state index in [0.717, 1.165) is 17.9 Å². The molecule has 0 aliphatic carbocycles. The second kappa shape index (κ2) is 7.96. The van der Waals surface area contributed by atoms with Crippen LogP contribution in [0.2, 0.25) is 0 Å². The minimum absolute atomic E-state index is 0. The summed E-state index contributed by atoms with van der Waals surface area (Å²) in [5.41, 5.74) is 1.56. The second-order valence-corrected chi connectivity index (χ2v) is 4.91. The molecule has 0 saturated carbocycles. The van der Waals surface area contributed by atoms with Crippen LogP contribution < -0.4 is 4.90 Å². The second-order valence-electron chi connectivity index (χ2n) is 4.91. The minimum atomic E-state index is -0.146. The zero-order valence-electron chi connectivity index (χ0n) is 12.9. The maximum Gasteiger partial charge on any atom is 0.326 e. The van der Waals surface area contributed by atoms with Gasteiger partial charge in [0, 0.05) is 27.2 Å². The van der Waals surface area contributed by atoms with Gasteiger partial charge in [-0.05, 0) is 27.9 Å². The van der Waals surface area contributed by atoms with E-state index in [2.05, 4.69) is 15.2 Å². The average molecular weight is 303 g/mol. The molecule has 20 heavy (non-hydrogen) atoms. The summed E-state index contributed by atoms with van der Waals surface area (Å²) >= 11 is 0. The van der Waals surface area contributed by atoms with Gasteiger partial charge in [0.25, 0.3) is 5.95 Å². The number of rotatable bonds is 4. The van der Waals surface area contributed by atoms with Gasteiger partial charge in [0.15, 0.2) is 0 Å². The van der Waals surface area contributed by atoms with E-state index < -0.39 is 0 Å². The molecule has 0 atom stereocenters. The van der Waals surface area contributed by atoms with Crippen LogP contribution in [0.4, 0.5) is 10.7 Å². The lowest BCUT2D eigenvalue weighted by molar-refractivity contribution is 0.222. The molecule has 0 bridgehead atoms. The minimum Gasteiger partial charge on any atom is -0.330 e. The molecule has 0 unspecified atom stereocenters. The highest BCUT2D eigenvalue weighted by molar-refractivity contribution is 5.89. The number of aromatic nitrogens is 3. The van der Waals surface area contributed by atoms with Crippen molar-refractivity contribution in [1.82, 2.24) is 25.0 Å². The van der Waals surface area contributed by atoms with Crippen LogP contribution >= 0.6 is 12.4 Å². The highest BCUT2D eigenvalue weighted by atomic mass is 35.5. The Morgan fingerprint density at radius 2 is 1.60 bits per heavy atom. The highest BCUT2D eigenvalue weighted by Crippen LogP contribution is 2.10. The molecule has 0 N–H and O–H groups in total. The van der Waals surface area contributed by atoms with E-state index in [9.17, 15) is 4.79 Å². The molecule has 1 heterocycles. The SMILES string of the molecule is Cc1nnc(N(CCN(C)C)C(=O)N(C)C)nc1C.Cl. The van der Waals surface area contributed by atoms with E-state index in [1.807, 2.05) is 32.8 Å². The van der Waals surface area contributed by atoms with Crippen molar-refractivity contribution in [1.29, 1.82) is 0 Å². The molecule has 1 aromatic rings. The normalized spacial score (nSPS) is 10.2. The van der Waals surface area contributed by atoms with Crippen LogP contribution in [-0.2, 0) is 0 Å². The van der Waals surface area contributed by atoms with Gasteiger partial charge < -0.3 is 9.80 Å². The molecular weight excluding hydrogens is 280 g/mol. The molecule has 0 aromatic carbocycles. The van der Waals surface area contributed by atoms with Gasteiger partial charge in [0.2, 0.25) is 0 Å². The van der Waals surface area contributed by atoms with Crippen molar-refractivity contribution in [3.63, 3.8) is 0 Å². The van der Waals surface area contributed by atoms with Crippen LogP contribution in [0.5, 0.6) is 0 Å². The third-order valence-electron chi connectivity index (χ3n) is 2.71. The predicted molar refractivity (Wildman–Crippen MR) is 81.5 cm³/mol. The van der Waals surface area contributed by atoms with E-state index in [4.69, 9.17) is 0 Å². The number of amides is 2. The zero-order valence-corrected chi connectivity index (χ0v) is 13.7. The molecule has 0 fully saturated rings. The maximum atomic E-state index is 12.2. The predicted octanol–water partition coefficient (Wildman–Crippen LogP) is 0.960. The number of anilines is 1. The number of carbonyl (C=O) groups is 1. The van der Waals surface area contributed by atoms with Crippen LogP contribution in [-0.4, -0.2) is 72.3 Å². The van der Waals surface area contributed by atoms with Gasteiger partial charge >= 0.3 is 6.03 Å². The van der Waals surface area contributed by atoms with Crippen molar-refractivity contribution in [3.8, 4) is 0 Å². The lowest BCUT2D eigenvalue weighted by Gasteiger charge is -2.25. The maximum absolute atomic E-state index is 12.2. The molecule has 0 spiro atoms. The van der Waals surface area contributed by atoms with Crippen molar-refractivity contribution in [2.75, 3.05) is 46.2 Å². The van der Waals surface area contributed by atoms with Crippen molar-refractivity contribution < 1.29 is 4.79 Å². The van der Waals surface area contributed by atoms with E-state index in [1.54, 1.807) is 19.0 Å². The molecule has 0 radical (unpaired) electrons. The summed E-state index contributed by atoms with van der Waals surface area (Å²) < 4.78 is 0. The van der Waals surface area contributed by atoms with E-state index in [1.165, 1.54) is 4.90 Å². The Kier molecular flexibility index (Phi) is 7.38. The van der Waals surface area contributed by atoms with Gasteiger partial charge in [-0.3, -0.25) is 4.90 Å². The van der Waals surface area contributed by atoms with E-state index in [-0.39, 0.29) is 18.4 Å². The van der Waals surface area contributed by atoms with Crippen molar-refractivity contribution in [2.24, 2.45) is 0 Å². The fourth-order valence-electron chi connectivity index (χ4n) is 1.38. The third-order valence-corrected chi connectivity index (χ3v) is 2.71. The van der Waals surface area contributed by atoms with Crippen LogP contribution in [0.15, 0.2) is 0 Å². The Labute approximate surface area is 126 Å². The average Bonchev–Trinajstić information content (AvgIpc) is 2.33. The van der Waals surface area contributed by atoms with Crippen LogP contribution in [0, 0.1) is 13.8 Å². The fourth-order valence-corrected chi connectivity index (χ4v) is 1.38. The lowest BCUT2D eigenvalue weighted by atomic mass is 10.4. The first-order chi connectivity index (χ1) is 8.82. The van der Waals surface area contributed by atoms with Crippen molar-refractivity contribution in [2.45, 2.75) is 13.8 Å². The molecule has 1 aromatic heterocycles. The lowest BCUT2D eigenvalue weighted by Crippen LogP contribution is -2.43. The Balaban J connectivity index is 0.00000361.